The van der Waals surface area contributed by atoms with Crippen LogP contribution in [0, 0.1) is 5.92 Å². The van der Waals surface area contributed by atoms with E-state index in [1.807, 2.05) is 6.07 Å². The van der Waals surface area contributed by atoms with E-state index in [4.69, 9.17) is 4.98 Å². The largest absolute Gasteiger partial charge is 0.391 e. The Bertz CT molecular complexity index is 584. The maximum atomic E-state index is 10.5. The van der Waals surface area contributed by atoms with Crippen LogP contribution in [0.2, 0.25) is 0 Å². The molecule has 0 radical (unpaired) electrons. The lowest BCUT2D eigenvalue weighted by molar-refractivity contribution is 0.124. The molecule has 0 spiro atoms. The van der Waals surface area contributed by atoms with Gasteiger partial charge in [0.1, 0.15) is 5.82 Å². The predicted octanol–water partition coefficient (Wildman–Crippen LogP) is 3.93. The van der Waals surface area contributed by atoms with Gasteiger partial charge in [0, 0.05) is 6.42 Å². The van der Waals surface area contributed by atoms with Crippen LogP contribution in [-0.2, 0) is 13.0 Å². The first-order valence-corrected chi connectivity index (χ1v) is 8.40. The minimum atomic E-state index is -0.249. The van der Waals surface area contributed by atoms with Crippen molar-refractivity contribution in [3.05, 3.63) is 30.1 Å². The Labute approximate surface area is 127 Å². The van der Waals surface area contributed by atoms with Crippen LogP contribution in [0.5, 0.6) is 0 Å². The quantitative estimate of drug-likeness (QED) is 0.873. The zero-order valence-electron chi connectivity index (χ0n) is 13.0. The van der Waals surface area contributed by atoms with Gasteiger partial charge in [0.05, 0.1) is 23.7 Å². The van der Waals surface area contributed by atoms with Crippen molar-refractivity contribution in [2.45, 2.75) is 64.5 Å². The summed E-state index contributed by atoms with van der Waals surface area (Å²) in [5, 5.41) is 10.5. The molecule has 1 atom stereocenters. The predicted molar refractivity (Wildman–Crippen MR) is 86.3 cm³/mol. The number of aliphatic hydroxyl groups excluding tert-OH is 1. The zero-order chi connectivity index (χ0) is 14.7. The van der Waals surface area contributed by atoms with E-state index in [0.29, 0.717) is 6.54 Å². The van der Waals surface area contributed by atoms with Crippen molar-refractivity contribution < 1.29 is 5.11 Å². The lowest BCUT2D eigenvalue weighted by Crippen LogP contribution is -2.20. The number of imidazole rings is 1. The molecular weight excluding hydrogens is 260 g/mol. The molecule has 1 heterocycles. The maximum Gasteiger partial charge on any atom is 0.109 e. The molecule has 0 bridgehead atoms. The average molecular weight is 286 g/mol. The van der Waals surface area contributed by atoms with E-state index in [2.05, 4.69) is 29.7 Å². The molecule has 1 aliphatic carbocycles. The summed E-state index contributed by atoms with van der Waals surface area (Å²) in [4.78, 5) is 4.74. The lowest BCUT2D eigenvalue weighted by Gasteiger charge is -2.18. The van der Waals surface area contributed by atoms with Crippen LogP contribution < -0.4 is 0 Å². The highest BCUT2D eigenvalue weighted by Crippen LogP contribution is 2.29. The van der Waals surface area contributed by atoms with E-state index in [1.54, 1.807) is 0 Å². The number of fused-ring (bicyclic) bond motifs is 1. The molecule has 21 heavy (non-hydrogen) atoms. The molecule has 1 aliphatic rings. The number of benzene rings is 1. The van der Waals surface area contributed by atoms with Crippen molar-refractivity contribution >= 4 is 11.0 Å². The third-order valence-electron chi connectivity index (χ3n) is 4.68. The fraction of sp³-hybridized carbons (Fsp3) is 0.611. The Morgan fingerprint density at radius 3 is 2.81 bits per heavy atom. The molecule has 114 valence electrons. The van der Waals surface area contributed by atoms with Gasteiger partial charge < -0.3 is 9.67 Å². The number of hydrogen-bond acceptors (Lipinski definition) is 2. The highest BCUT2D eigenvalue weighted by atomic mass is 16.3. The Morgan fingerprint density at radius 2 is 2.05 bits per heavy atom. The first-order valence-electron chi connectivity index (χ1n) is 8.40. The van der Waals surface area contributed by atoms with Gasteiger partial charge in [-0.2, -0.15) is 0 Å². The summed E-state index contributed by atoms with van der Waals surface area (Å²) in [7, 11) is 0. The highest BCUT2D eigenvalue weighted by molar-refractivity contribution is 5.75. The molecule has 2 aromatic rings. The normalized spacial score (nSPS) is 17.6. The van der Waals surface area contributed by atoms with Crippen molar-refractivity contribution in [1.29, 1.82) is 0 Å². The summed E-state index contributed by atoms with van der Waals surface area (Å²) in [6.07, 6.45) is 8.03. The third kappa shape index (κ3) is 3.29. The summed E-state index contributed by atoms with van der Waals surface area (Å²) < 4.78 is 2.23. The van der Waals surface area contributed by atoms with E-state index >= 15 is 0 Å². The summed E-state index contributed by atoms with van der Waals surface area (Å²) >= 11 is 0. The van der Waals surface area contributed by atoms with Crippen molar-refractivity contribution in [2.75, 3.05) is 0 Å². The molecule has 1 unspecified atom stereocenters. The molecule has 3 nitrogen and oxygen atoms in total. The smallest absolute Gasteiger partial charge is 0.109 e. The van der Waals surface area contributed by atoms with E-state index in [9.17, 15) is 5.11 Å². The van der Waals surface area contributed by atoms with Crippen LogP contribution in [0.15, 0.2) is 24.3 Å². The second kappa shape index (κ2) is 6.61. The van der Waals surface area contributed by atoms with E-state index in [1.165, 1.54) is 25.7 Å². The highest BCUT2D eigenvalue weighted by Gasteiger charge is 2.20. The lowest BCUT2D eigenvalue weighted by atomic mass is 10.00. The minimum absolute atomic E-state index is 0.249. The molecule has 1 aromatic carbocycles. The van der Waals surface area contributed by atoms with Gasteiger partial charge in [0.2, 0.25) is 0 Å². The van der Waals surface area contributed by atoms with Crippen molar-refractivity contribution in [3.63, 3.8) is 0 Å². The monoisotopic (exact) mass is 286 g/mol. The molecule has 0 saturated heterocycles. The van der Waals surface area contributed by atoms with Crippen molar-refractivity contribution in [2.24, 2.45) is 5.92 Å². The van der Waals surface area contributed by atoms with Crippen LogP contribution in [0.4, 0.5) is 0 Å². The molecule has 1 aromatic heterocycles. The van der Waals surface area contributed by atoms with Crippen LogP contribution in [0.1, 0.15) is 51.3 Å². The summed E-state index contributed by atoms with van der Waals surface area (Å²) in [6, 6.07) is 8.27. The number of nitrogens with zero attached hydrogens (tertiary/aromatic N) is 2. The van der Waals surface area contributed by atoms with Gasteiger partial charge in [-0.15, -0.1) is 0 Å². The van der Waals surface area contributed by atoms with Crippen LogP contribution in [0.25, 0.3) is 11.0 Å². The topological polar surface area (TPSA) is 38.0 Å². The number of para-hydroxylation sites is 2. The summed E-state index contributed by atoms with van der Waals surface area (Å²) in [6.45, 7) is 2.87. The van der Waals surface area contributed by atoms with Gasteiger partial charge in [-0.05, 0) is 30.9 Å². The third-order valence-corrected chi connectivity index (χ3v) is 4.68. The van der Waals surface area contributed by atoms with Crippen molar-refractivity contribution in [1.82, 2.24) is 9.55 Å². The molecule has 3 rings (SSSR count). The maximum absolute atomic E-state index is 10.5. The fourth-order valence-corrected chi connectivity index (χ4v) is 3.66. The van der Waals surface area contributed by atoms with E-state index in [-0.39, 0.29) is 6.10 Å². The molecule has 1 saturated carbocycles. The first-order chi connectivity index (χ1) is 10.3. The minimum Gasteiger partial charge on any atom is -0.391 e. The first kappa shape index (κ1) is 14.6. The van der Waals surface area contributed by atoms with E-state index < -0.39 is 0 Å². The molecule has 0 aliphatic heterocycles. The average Bonchev–Trinajstić information content (AvgIpc) is 3.08. The Kier molecular flexibility index (Phi) is 4.59. The molecule has 3 heteroatoms. The number of aliphatic hydroxyl groups is 1. The van der Waals surface area contributed by atoms with Gasteiger partial charge in [-0.3, -0.25) is 0 Å². The zero-order valence-corrected chi connectivity index (χ0v) is 13.0. The van der Waals surface area contributed by atoms with Gasteiger partial charge in [-0.25, -0.2) is 4.98 Å². The van der Waals surface area contributed by atoms with Gasteiger partial charge in [-0.1, -0.05) is 44.7 Å². The van der Waals surface area contributed by atoms with Crippen LogP contribution in [-0.4, -0.2) is 20.8 Å². The molecular formula is C18H26N2O. The van der Waals surface area contributed by atoms with Gasteiger partial charge in [0.25, 0.3) is 0 Å². The van der Waals surface area contributed by atoms with Crippen molar-refractivity contribution in [3.8, 4) is 0 Å². The Balaban J connectivity index is 1.78. The number of aromatic nitrogens is 2. The summed E-state index contributed by atoms with van der Waals surface area (Å²) in [5.41, 5.74) is 2.21. The van der Waals surface area contributed by atoms with Crippen LogP contribution in [0.3, 0.4) is 0 Å². The van der Waals surface area contributed by atoms with Crippen LogP contribution >= 0.6 is 0 Å². The molecule has 1 N–H and O–H groups in total. The number of hydrogen-bond donors (Lipinski definition) is 1. The molecule has 1 fully saturated rings. The SMILES string of the molecule is CCCc1nc2ccccc2n1CC(O)CC1CCCC1. The van der Waals surface area contributed by atoms with Gasteiger partial charge >= 0.3 is 0 Å². The Hall–Kier alpha value is -1.35. The van der Waals surface area contributed by atoms with Gasteiger partial charge in [0.15, 0.2) is 0 Å². The second-order valence-corrected chi connectivity index (χ2v) is 6.42. The number of aryl methyl sites for hydroxylation is 1. The van der Waals surface area contributed by atoms with E-state index in [0.717, 1.165) is 42.0 Å². The number of rotatable bonds is 6. The summed E-state index contributed by atoms with van der Waals surface area (Å²) in [5.74, 6) is 1.84. The fourth-order valence-electron chi connectivity index (χ4n) is 3.66. The standard InChI is InChI=1S/C18H26N2O/c1-2-7-18-19-16-10-5-6-11-17(16)20(18)13-15(21)12-14-8-3-4-9-14/h5-6,10-11,14-15,21H,2-4,7-9,12-13H2,1H3. The molecule has 0 amide bonds. The Morgan fingerprint density at radius 1 is 1.29 bits per heavy atom. The second-order valence-electron chi connectivity index (χ2n) is 6.42.